The normalized spacial score (nSPS) is 18.2. The molecule has 2 rings (SSSR count). The van der Waals surface area contributed by atoms with Gasteiger partial charge in [-0.3, -0.25) is 0 Å². The Hall–Kier alpha value is -1.01. The Morgan fingerprint density at radius 2 is 2.00 bits per heavy atom. The van der Waals surface area contributed by atoms with Gasteiger partial charge in [0, 0.05) is 5.92 Å². The molecule has 0 fully saturated rings. The Balaban J connectivity index is 0.000000720. The molecule has 0 aliphatic heterocycles. The van der Waals surface area contributed by atoms with Gasteiger partial charge >= 0.3 is 0 Å². The van der Waals surface area contributed by atoms with Crippen molar-refractivity contribution in [2.24, 2.45) is 0 Å². The SMILES string of the molecule is C=CC1C=Cc2ccccc21.Cl. The van der Waals surface area contributed by atoms with Crippen molar-refractivity contribution in [3.63, 3.8) is 0 Å². The highest BCUT2D eigenvalue weighted by atomic mass is 35.5. The number of halogens is 1. The minimum absolute atomic E-state index is 0. The van der Waals surface area contributed by atoms with E-state index in [4.69, 9.17) is 0 Å². The Morgan fingerprint density at radius 1 is 1.25 bits per heavy atom. The zero-order valence-corrected chi connectivity index (χ0v) is 7.55. The van der Waals surface area contributed by atoms with Gasteiger partial charge in [-0.15, -0.1) is 19.0 Å². The number of hydrogen-bond acceptors (Lipinski definition) is 0. The lowest BCUT2D eigenvalue weighted by molar-refractivity contribution is 1.12. The van der Waals surface area contributed by atoms with Crippen molar-refractivity contribution in [2.45, 2.75) is 5.92 Å². The van der Waals surface area contributed by atoms with Crippen LogP contribution in [0.3, 0.4) is 0 Å². The Bertz CT molecular complexity index is 313. The van der Waals surface area contributed by atoms with Crippen LogP contribution in [0, 0.1) is 0 Å². The maximum atomic E-state index is 3.79. The molecule has 1 aliphatic rings. The molecule has 0 radical (unpaired) electrons. The molecular weight excluding hydrogens is 168 g/mol. The standard InChI is InChI=1S/C11H10.ClH/c1-2-9-7-8-10-5-3-4-6-11(9)10;/h2-9H,1H2;1H. The Labute approximate surface area is 79.0 Å². The second-order valence-corrected chi connectivity index (χ2v) is 2.75. The number of hydrogen-bond donors (Lipinski definition) is 0. The minimum atomic E-state index is 0. The summed E-state index contributed by atoms with van der Waals surface area (Å²) in [6, 6.07) is 8.42. The minimum Gasteiger partial charge on any atom is -0.147 e. The van der Waals surface area contributed by atoms with E-state index in [9.17, 15) is 0 Å². The third kappa shape index (κ3) is 1.30. The summed E-state index contributed by atoms with van der Waals surface area (Å²) >= 11 is 0. The molecule has 1 aromatic carbocycles. The lowest BCUT2D eigenvalue weighted by Crippen LogP contribution is -1.86. The lowest BCUT2D eigenvalue weighted by atomic mass is 10.0. The summed E-state index contributed by atoms with van der Waals surface area (Å²) in [6.45, 7) is 3.79. The molecule has 0 saturated heterocycles. The van der Waals surface area contributed by atoms with Gasteiger partial charge in [-0.1, -0.05) is 42.5 Å². The summed E-state index contributed by atoms with van der Waals surface area (Å²) in [5, 5.41) is 0. The molecule has 0 bridgehead atoms. The van der Waals surface area contributed by atoms with E-state index in [1.54, 1.807) is 0 Å². The number of fused-ring (bicyclic) bond motifs is 1. The molecule has 1 aliphatic carbocycles. The van der Waals surface area contributed by atoms with Crippen molar-refractivity contribution in [3.05, 3.63) is 54.1 Å². The van der Waals surface area contributed by atoms with Crippen LogP contribution in [0.4, 0.5) is 0 Å². The molecule has 0 aromatic heterocycles. The molecule has 0 heterocycles. The largest absolute Gasteiger partial charge is 0.147 e. The van der Waals surface area contributed by atoms with Crippen LogP contribution in [-0.4, -0.2) is 0 Å². The van der Waals surface area contributed by atoms with Crippen LogP contribution in [0.15, 0.2) is 43.0 Å². The van der Waals surface area contributed by atoms with E-state index in [-0.39, 0.29) is 12.4 Å². The molecular formula is C11H11Cl. The molecule has 0 amide bonds. The zero-order valence-electron chi connectivity index (χ0n) is 6.73. The lowest BCUT2D eigenvalue weighted by Gasteiger charge is -2.03. The summed E-state index contributed by atoms with van der Waals surface area (Å²) in [6.07, 6.45) is 6.31. The van der Waals surface area contributed by atoms with Crippen LogP contribution in [0.5, 0.6) is 0 Å². The average Bonchev–Trinajstić information content (AvgIpc) is 2.47. The smallest absolute Gasteiger partial charge is 0.0205 e. The molecule has 0 N–H and O–H groups in total. The van der Waals surface area contributed by atoms with Gasteiger partial charge in [0.15, 0.2) is 0 Å². The molecule has 1 heteroatoms. The van der Waals surface area contributed by atoms with Gasteiger partial charge in [-0.2, -0.15) is 0 Å². The second kappa shape index (κ2) is 3.59. The van der Waals surface area contributed by atoms with E-state index in [1.165, 1.54) is 11.1 Å². The Kier molecular flexibility index (Phi) is 2.72. The summed E-state index contributed by atoms with van der Waals surface area (Å²) in [4.78, 5) is 0. The highest BCUT2D eigenvalue weighted by Crippen LogP contribution is 2.29. The fraction of sp³-hybridized carbons (Fsp3) is 0.0909. The molecule has 1 aromatic rings. The maximum Gasteiger partial charge on any atom is 0.0205 e. The van der Waals surface area contributed by atoms with Crippen LogP contribution >= 0.6 is 12.4 Å². The zero-order chi connectivity index (χ0) is 7.68. The first-order valence-electron chi connectivity index (χ1n) is 3.81. The van der Waals surface area contributed by atoms with Gasteiger partial charge < -0.3 is 0 Å². The van der Waals surface area contributed by atoms with Crippen LogP contribution in [0.2, 0.25) is 0 Å². The quantitative estimate of drug-likeness (QED) is 0.579. The Morgan fingerprint density at radius 3 is 2.75 bits per heavy atom. The molecule has 0 spiro atoms. The number of benzene rings is 1. The summed E-state index contributed by atoms with van der Waals surface area (Å²) < 4.78 is 0. The van der Waals surface area contributed by atoms with Crippen LogP contribution < -0.4 is 0 Å². The van der Waals surface area contributed by atoms with Crippen LogP contribution in [0.1, 0.15) is 17.0 Å². The van der Waals surface area contributed by atoms with E-state index >= 15 is 0 Å². The highest BCUT2D eigenvalue weighted by Gasteiger charge is 2.11. The summed E-state index contributed by atoms with van der Waals surface area (Å²) in [7, 11) is 0. The topological polar surface area (TPSA) is 0 Å². The van der Waals surface area contributed by atoms with E-state index in [0.29, 0.717) is 5.92 Å². The highest BCUT2D eigenvalue weighted by molar-refractivity contribution is 5.85. The van der Waals surface area contributed by atoms with Crippen molar-refractivity contribution in [1.82, 2.24) is 0 Å². The first kappa shape index (κ1) is 9.08. The molecule has 1 unspecified atom stereocenters. The third-order valence-electron chi connectivity index (χ3n) is 2.09. The van der Waals surface area contributed by atoms with Crippen LogP contribution in [0.25, 0.3) is 6.08 Å². The number of allylic oxidation sites excluding steroid dienone is 2. The van der Waals surface area contributed by atoms with Gasteiger partial charge in [0.25, 0.3) is 0 Å². The average molecular weight is 179 g/mol. The van der Waals surface area contributed by atoms with E-state index in [2.05, 4.69) is 43.0 Å². The van der Waals surface area contributed by atoms with E-state index in [0.717, 1.165) is 0 Å². The van der Waals surface area contributed by atoms with Gasteiger partial charge in [-0.05, 0) is 11.1 Å². The van der Waals surface area contributed by atoms with Gasteiger partial charge in [-0.25, -0.2) is 0 Å². The first-order valence-corrected chi connectivity index (χ1v) is 3.81. The molecule has 0 nitrogen and oxygen atoms in total. The summed E-state index contributed by atoms with van der Waals surface area (Å²) in [5.41, 5.74) is 2.71. The van der Waals surface area contributed by atoms with E-state index in [1.807, 2.05) is 6.08 Å². The van der Waals surface area contributed by atoms with Gasteiger partial charge in [0.05, 0.1) is 0 Å². The van der Waals surface area contributed by atoms with Crippen molar-refractivity contribution < 1.29 is 0 Å². The summed E-state index contributed by atoms with van der Waals surface area (Å²) in [5.74, 6) is 0.436. The predicted molar refractivity (Wildman–Crippen MR) is 55.7 cm³/mol. The van der Waals surface area contributed by atoms with Crippen LogP contribution in [-0.2, 0) is 0 Å². The monoisotopic (exact) mass is 178 g/mol. The van der Waals surface area contributed by atoms with Crippen molar-refractivity contribution >= 4 is 18.5 Å². The third-order valence-corrected chi connectivity index (χ3v) is 2.09. The van der Waals surface area contributed by atoms with Crippen molar-refractivity contribution in [1.29, 1.82) is 0 Å². The van der Waals surface area contributed by atoms with Crippen molar-refractivity contribution in [2.75, 3.05) is 0 Å². The van der Waals surface area contributed by atoms with Gasteiger partial charge in [0.2, 0.25) is 0 Å². The second-order valence-electron chi connectivity index (χ2n) is 2.75. The first-order chi connectivity index (χ1) is 5.42. The van der Waals surface area contributed by atoms with Gasteiger partial charge in [0.1, 0.15) is 0 Å². The molecule has 62 valence electrons. The molecule has 12 heavy (non-hydrogen) atoms. The maximum absolute atomic E-state index is 3.79. The number of rotatable bonds is 1. The predicted octanol–water partition coefficient (Wildman–Crippen LogP) is 3.40. The fourth-order valence-corrected chi connectivity index (χ4v) is 1.48. The van der Waals surface area contributed by atoms with Crippen molar-refractivity contribution in [3.8, 4) is 0 Å². The fourth-order valence-electron chi connectivity index (χ4n) is 1.48. The van der Waals surface area contributed by atoms with E-state index < -0.39 is 0 Å². The molecule has 0 saturated carbocycles. The molecule has 1 atom stereocenters.